The van der Waals surface area contributed by atoms with Gasteiger partial charge in [0.2, 0.25) is 0 Å². The Balaban J connectivity index is 5.35. The maximum atomic E-state index is 5.96. The van der Waals surface area contributed by atoms with Crippen LogP contribution < -0.4 is 0 Å². The average Bonchev–Trinajstić information content (AvgIpc) is 2.46. The van der Waals surface area contributed by atoms with Crippen molar-refractivity contribution in [2.24, 2.45) is 0 Å². The first kappa shape index (κ1) is 20.9. The summed E-state index contributed by atoms with van der Waals surface area (Å²) in [7, 11) is -0.185. The molecule has 0 fully saturated rings. The third kappa shape index (κ3) is 5.91. The van der Waals surface area contributed by atoms with E-state index in [9.17, 15) is 0 Å². The van der Waals surface area contributed by atoms with E-state index >= 15 is 0 Å². The number of ether oxygens (including phenoxy) is 4. The molecule has 0 radical (unpaired) electrons. The topological polar surface area (TPSA) is 64.6 Å². The van der Waals surface area contributed by atoms with Gasteiger partial charge in [-0.1, -0.05) is 0 Å². The van der Waals surface area contributed by atoms with Gasteiger partial charge in [-0.3, -0.25) is 4.43 Å². The van der Waals surface area contributed by atoms with Crippen molar-refractivity contribution in [1.82, 2.24) is 0 Å². The van der Waals surface area contributed by atoms with Crippen LogP contribution in [-0.2, 0) is 32.2 Å². The van der Waals surface area contributed by atoms with Crippen LogP contribution in [0.1, 0.15) is 34.6 Å². The zero-order chi connectivity index (χ0) is 16.4. The van der Waals surface area contributed by atoms with Gasteiger partial charge in [0.15, 0.2) is 0 Å². The van der Waals surface area contributed by atoms with E-state index in [0.29, 0.717) is 26.4 Å². The Bertz CT molecular complexity index is 244. The Kier molecular flexibility index (Phi) is 10.6. The van der Waals surface area contributed by atoms with Gasteiger partial charge in [-0.25, -0.2) is 0 Å². The molecule has 7 nitrogen and oxygen atoms in total. The second kappa shape index (κ2) is 10.6. The summed E-state index contributed by atoms with van der Waals surface area (Å²) in [6.07, 6.45) is -1.65. The second-order valence-electron chi connectivity index (χ2n) is 4.01. The minimum absolute atomic E-state index is 0.348. The lowest BCUT2D eigenvalue weighted by atomic mass is 10.8. The molecule has 8 heteroatoms. The van der Waals surface area contributed by atoms with Gasteiger partial charge >= 0.3 is 15.0 Å². The fourth-order valence-corrected chi connectivity index (χ4v) is 3.91. The van der Waals surface area contributed by atoms with Crippen molar-refractivity contribution in [1.29, 1.82) is 0 Å². The largest absolute Gasteiger partial charge is 0.536 e. The predicted octanol–water partition coefficient (Wildman–Crippen LogP) is 1.92. The quantitative estimate of drug-likeness (QED) is 0.378. The standard InChI is InChI=1S/C13H30O7Si/c1-8-16-12(5)21(14-6,15-7)20-13(17-9-2,18-10-3)19-11-4/h12H,8-11H2,1-7H3. The van der Waals surface area contributed by atoms with Crippen LogP contribution in [0.15, 0.2) is 0 Å². The highest BCUT2D eigenvalue weighted by Crippen LogP contribution is 2.27. The molecule has 1 atom stereocenters. The highest BCUT2D eigenvalue weighted by atomic mass is 28.4. The summed E-state index contributed by atoms with van der Waals surface area (Å²) in [6.45, 7) is 10.7. The Morgan fingerprint density at radius 2 is 1.24 bits per heavy atom. The van der Waals surface area contributed by atoms with Crippen molar-refractivity contribution in [2.75, 3.05) is 40.6 Å². The van der Waals surface area contributed by atoms with Crippen molar-refractivity contribution < 1.29 is 32.2 Å². The molecule has 128 valence electrons. The molecule has 1 unspecified atom stereocenters. The minimum Gasteiger partial charge on any atom is -0.375 e. The van der Waals surface area contributed by atoms with Crippen molar-refractivity contribution in [2.45, 2.75) is 46.5 Å². The van der Waals surface area contributed by atoms with Gasteiger partial charge in [-0.05, 0) is 34.6 Å². The maximum absolute atomic E-state index is 5.96. The van der Waals surface area contributed by atoms with Gasteiger partial charge in [-0.15, -0.1) is 0 Å². The molecule has 0 rings (SSSR count). The first-order chi connectivity index (χ1) is 9.99. The van der Waals surface area contributed by atoms with E-state index in [4.69, 9.17) is 32.2 Å². The monoisotopic (exact) mass is 326 g/mol. The first-order valence-electron chi connectivity index (χ1n) is 7.33. The van der Waals surface area contributed by atoms with Crippen LogP contribution in [0.3, 0.4) is 0 Å². The molecular weight excluding hydrogens is 296 g/mol. The molecule has 0 bridgehead atoms. The van der Waals surface area contributed by atoms with Crippen LogP contribution in [0.2, 0.25) is 0 Å². The Morgan fingerprint density at radius 1 is 0.810 bits per heavy atom. The minimum atomic E-state index is -3.21. The normalized spacial score (nSPS) is 14.4. The van der Waals surface area contributed by atoms with Gasteiger partial charge in [0.1, 0.15) is 5.73 Å². The van der Waals surface area contributed by atoms with Gasteiger partial charge in [0.05, 0.1) is 19.8 Å². The first-order valence-corrected chi connectivity index (χ1v) is 9.13. The number of hydrogen-bond donors (Lipinski definition) is 0. The maximum Gasteiger partial charge on any atom is 0.536 e. The predicted molar refractivity (Wildman–Crippen MR) is 79.6 cm³/mol. The van der Waals surface area contributed by atoms with E-state index < -0.39 is 20.7 Å². The zero-order valence-corrected chi connectivity index (χ0v) is 15.3. The van der Waals surface area contributed by atoms with Gasteiger partial charge < -0.3 is 27.8 Å². The molecular formula is C13H30O7Si. The highest BCUT2D eigenvalue weighted by Gasteiger charge is 2.55. The van der Waals surface area contributed by atoms with Crippen LogP contribution >= 0.6 is 0 Å². The summed E-state index contributed by atoms with van der Waals surface area (Å²) in [5.74, 6) is 0. The lowest BCUT2D eigenvalue weighted by Crippen LogP contribution is -2.62. The molecule has 0 aliphatic carbocycles. The fraction of sp³-hybridized carbons (Fsp3) is 1.00. The average molecular weight is 326 g/mol. The van der Waals surface area contributed by atoms with Crippen molar-refractivity contribution >= 4 is 8.80 Å². The Hall–Kier alpha value is -0.0631. The molecule has 0 amide bonds. The van der Waals surface area contributed by atoms with Crippen LogP contribution in [0, 0.1) is 0 Å². The Morgan fingerprint density at radius 3 is 1.52 bits per heavy atom. The summed E-state index contributed by atoms with van der Waals surface area (Å²) < 4.78 is 39.3. The van der Waals surface area contributed by atoms with Crippen molar-refractivity contribution in [3.8, 4) is 0 Å². The molecule has 0 aromatic rings. The van der Waals surface area contributed by atoms with Crippen LogP contribution in [0.5, 0.6) is 0 Å². The van der Waals surface area contributed by atoms with Crippen molar-refractivity contribution in [3.63, 3.8) is 0 Å². The number of rotatable bonds is 13. The number of hydrogen-bond acceptors (Lipinski definition) is 7. The van der Waals surface area contributed by atoms with Crippen LogP contribution in [-0.4, -0.2) is 61.3 Å². The van der Waals surface area contributed by atoms with Gasteiger partial charge in [-0.2, -0.15) is 0 Å². The second-order valence-corrected chi connectivity index (χ2v) is 7.05. The summed E-state index contributed by atoms with van der Waals surface area (Å²) in [5.41, 5.74) is -0.391. The fourth-order valence-electron chi connectivity index (χ4n) is 1.85. The van der Waals surface area contributed by atoms with Gasteiger partial charge in [0.25, 0.3) is 0 Å². The summed E-state index contributed by atoms with van der Waals surface area (Å²) >= 11 is 0. The lowest BCUT2D eigenvalue weighted by Gasteiger charge is -2.39. The van der Waals surface area contributed by atoms with E-state index in [1.807, 2.05) is 34.6 Å². The summed E-state index contributed by atoms with van der Waals surface area (Å²) in [5, 5.41) is 0. The molecule has 0 aromatic heterocycles. The third-order valence-electron chi connectivity index (χ3n) is 2.71. The molecule has 0 N–H and O–H groups in total. The lowest BCUT2D eigenvalue weighted by molar-refractivity contribution is -0.479. The third-order valence-corrected chi connectivity index (χ3v) is 5.55. The van der Waals surface area contributed by atoms with E-state index in [2.05, 4.69) is 0 Å². The van der Waals surface area contributed by atoms with E-state index in [1.54, 1.807) is 0 Å². The molecule has 0 aliphatic heterocycles. The molecule has 0 saturated carbocycles. The SMILES string of the molecule is CCOC(C)[Si](OC)(OC)OC(OCC)(OCC)OCC. The Labute approximate surface area is 129 Å². The molecule has 21 heavy (non-hydrogen) atoms. The van der Waals surface area contributed by atoms with E-state index in [0.717, 1.165) is 0 Å². The molecule has 0 aliphatic rings. The molecule has 0 aromatic carbocycles. The van der Waals surface area contributed by atoms with E-state index in [1.165, 1.54) is 14.2 Å². The van der Waals surface area contributed by atoms with Crippen LogP contribution in [0.25, 0.3) is 0 Å². The highest BCUT2D eigenvalue weighted by molar-refractivity contribution is 6.62. The zero-order valence-electron chi connectivity index (χ0n) is 14.3. The van der Waals surface area contributed by atoms with Gasteiger partial charge in [0, 0.05) is 20.8 Å². The van der Waals surface area contributed by atoms with E-state index in [-0.39, 0.29) is 0 Å². The smallest absolute Gasteiger partial charge is 0.375 e. The van der Waals surface area contributed by atoms with Crippen LogP contribution in [0.4, 0.5) is 0 Å². The molecule has 0 heterocycles. The molecule has 0 spiro atoms. The summed E-state index contributed by atoms with van der Waals surface area (Å²) in [4.78, 5) is 0. The molecule has 0 saturated heterocycles. The summed E-state index contributed by atoms with van der Waals surface area (Å²) in [6, 6.07) is 0. The van der Waals surface area contributed by atoms with Crippen molar-refractivity contribution in [3.05, 3.63) is 0 Å².